The predicted octanol–water partition coefficient (Wildman–Crippen LogP) is 9.16. The van der Waals surface area contributed by atoms with Gasteiger partial charge in [0.05, 0.1) is 0 Å². The number of unbranched alkanes of at least 4 members (excludes halogenated alkanes) is 1. The summed E-state index contributed by atoms with van der Waals surface area (Å²) >= 11 is 0. The molecule has 4 atom stereocenters. The van der Waals surface area contributed by atoms with Crippen LogP contribution in [0.4, 0.5) is 26.3 Å². The highest BCUT2D eigenvalue weighted by atomic mass is 19.4. The summed E-state index contributed by atoms with van der Waals surface area (Å²) in [7, 11) is 0. The summed E-state index contributed by atoms with van der Waals surface area (Å²) in [5.41, 5.74) is 0.624. The zero-order valence-corrected chi connectivity index (χ0v) is 19.2. The zero-order valence-electron chi connectivity index (χ0n) is 19.2. The fourth-order valence-electron chi connectivity index (χ4n) is 5.99. The molecule has 0 radical (unpaired) electrons. The van der Waals surface area contributed by atoms with Gasteiger partial charge in [-0.3, -0.25) is 0 Å². The first-order valence-corrected chi connectivity index (χ1v) is 12.2. The fraction of sp³-hybridized carbons (Fsp3) is 0.556. The number of halogens is 6. The van der Waals surface area contributed by atoms with Gasteiger partial charge in [0.1, 0.15) is 5.82 Å². The van der Waals surface area contributed by atoms with E-state index in [1.807, 2.05) is 0 Å². The minimum Gasteiger partial charge on any atom is -0.399 e. The largest absolute Gasteiger partial charge is 0.573 e. The van der Waals surface area contributed by atoms with Crippen molar-refractivity contribution < 1.29 is 31.1 Å². The number of hydrogen-bond acceptors (Lipinski definition) is 1. The van der Waals surface area contributed by atoms with E-state index in [1.54, 1.807) is 6.07 Å². The van der Waals surface area contributed by atoms with Gasteiger partial charge in [-0.05, 0) is 85.1 Å². The van der Waals surface area contributed by atoms with E-state index >= 15 is 0 Å². The van der Waals surface area contributed by atoms with Crippen LogP contribution in [0.3, 0.4) is 0 Å². The Morgan fingerprint density at radius 2 is 1.53 bits per heavy atom. The molecule has 0 saturated heterocycles. The quantitative estimate of drug-likeness (QED) is 0.372. The van der Waals surface area contributed by atoms with Gasteiger partial charge in [-0.15, -0.1) is 13.2 Å². The van der Waals surface area contributed by atoms with E-state index in [4.69, 9.17) is 0 Å². The third kappa shape index (κ3) is 5.72. The van der Waals surface area contributed by atoms with Crippen LogP contribution in [0.1, 0.15) is 76.2 Å². The number of benzene rings is 2. The smallest absolute Gasteiger partial charge is 0.399 e. The highest BCUT2D eigenvalue weighted by Crippen LogP contribution is 2.48. The Bertz CT molecular complexity index is 978. The Hall–Kier alpha value is -2.18. The predicted molar refractivity (Wildman–Crippen MR) is 119 cm³/mol. The summed E-state index contributed by atoms with van der Waals surface area (Å²) in [5, 5.41) is 0. The third-order valence-corrected chi connectivity index (χ3v) is 7.68. The number of hydrogen-bond donors (Lipinski definition) is 0. The van der Waals surface area contributed by atoms with E-state index in [2.05, 4.69) is 11.7 Å². The molecule has 2 aromatic carbocycles. The Kier molecular flexibility index (Phi) is 7.48. The maximum absolute atomic E-state index is 15.0. The van der Waals surface area contributed by atoms with Gasteiger partial charge in [0.15, 0.2) is 11.6 Å². The van der Waals surface area contributed by atoms with Crippen LogP contribution in [-0.4, -0.2) is 6.36 Å². The molecule has 4 unspecified atom stereocenters. The molecule has 2 aliphatic carbocycles. The van der Waals surface area contributed by atoms with Gasteiger partial charge in [-0.25, -0.2) is 13.2 Å². The second kappa shape index (κ2) is 10.2. The lowest BCUT2D eigenvalue weighted by atomic mass is 9.63. The summed E-state index contributed by atoms with van der Waals surface area (Å²) in [6.45, 7) is 2.23. The van der Waals surface area contributed by atoms with Crippen LogP contribution in [0, 0.1) is 35.2 Å². The van der Waals surface area contributed by atoms with Crippen LogP contribution in [0.5, 0.6) is 5.75 Å². The van der Waals surface area contributed by atoms with Crippen molar-refractivity contribution in [3.05, 3.63) is 53.3 Å². The van der Waals surface area contributed by atoms with Crippen molar-refractivity contribution >= 4 is 0 Å². The lowest BCUT2D eigenvalue weighted by Crippen LogP contribution is -2.30. The Morgan fingerprint density at radius 1 is 0.853 bits per heavy atom. The topological polar surface area (TPSA) is 9.23 Å². The number of fused-ring (bicyclic) bond motifs is 1. The summed E-state index contributed by atoms with van der Waals surface area (Å²) in [6.07, 6.45) is 5.57. The Balaban J connectivity index is 1.46. The van der Waals surface area contributed by atoms with Crippen molar-refractivity contribution in [1.82, 2.24) is 0 Å². The average molecular weight is 485 g/mol. The molecule has 2 aliphatic rings. The average Bonchev–Trinajstić information content (AvgIpc) is 2.78. The molecule has 0 aromatic heterocycles. The first-order chi connectivity index (χ1) is 16.1. The second-order valence-corrected chi connectivity index (χ2v) is 9.91. The van der Waals surface area contributed by atoms with Crippen molar-refractivity contribution in [2.75, 3.05) is 0 Å². The van der Waals surface area contributed by atoms with E-state index in [0.717, 1.165) is 36.7 Å². The molecule has 2 fully saturated rings. The normalized spacial score (nSPS) is 25.1. The lowest BCUT2D eigenvalue weighted by molar-refractivity contribution is -0.276. The van der Waals surface area contributed by atoms with Crippen molar-refractivity contribution in [2.24, 2.45) is 17.8 Å². The van der Waals surface area contributed by atoms with E-state index in [0.29, 0.717) is 18.1 Å². The molecule has 34 heavy (non-hydrogen) atoms. The first-order valence-electron chi connectivity index (χ1n) is 12.2. The summed E-state index contributed by atoms with van der Waals surface area (Å²) in [4.78, 5) is 0. The Labute approximate surface area is 196 Å². The van der Waals surface area contributed by atoms with Gasteiger partial charge >= 0.3 is 6.36 Å². The molecule has 0 bridgehead atoms. The van der Waals surface area contributed by atoms with E-state index in [1.165, 1.54) is 50.7 Å². The second-order valence-electron chi connectivity index (χ2n) is 9.91. The van der Waals surface area contributed by atoms with Crippen molar-refractivity contribution in [2.45, 2.75) is 77.0 Å². The van der Waals surface area contributed by atoms with Crippen molar-refractivity contribution in [3.63, 3.8) is 0 Å². The molecular weight excluding hydrogens is 454 g/mol. The maximum atomic E-state index is 15.0. The van der Waals surface area contributed by atoms with Crippen molar-refractivity contribution in [3.8, 4) is 16.9 Å². The van der Waals surface area contributed by atoms with Crippen LogP contribution in [0.15, 0.2) is 30.3 Å². The summed E-state index contributed by atoms with van der Waals surface area (Å²) in [5.74, 6) is -2.78. The van der Waals surface area contributed by atoms with Gasteiger partial charge in [0.25, 0.3) is 0 Å². The van der Waals surface area contributed by atoms with Crippen LogP contribution in [0.2, 0.25) is 0 Å². The number of alkyl halides is 3. The first kappa shape index (κ1) is 24.9. The van der Waals surface area contributed by atoms with Gasteiger partial charge < -0.3 is 4.74 Å². The molecule has 0 amide bonds. The molecule has 0 spiro atoms. The van der Waals surface area contributed by atoms with Crippen molar-refractivity contribution in [1.29, 1.82) is 0 Å². The molecule has 0 N–H and O–H groups in total. The fourth-order valence-corrected chi connectivity index (χ4v) is 5.99. The van der Waals surface area contributed by atoms with Crippen LogP contribution in [-0.2, 0) is 0 Å². The van der Waals surface area contributed by atoms with Gasteiger partial charge in [-0.2, -0.15) is 0 Å². The zero-order chi connectivity index (χ0) is 24.5. The van der Waals surface area contributed by atoms with Gasteiger partial charge in [0.2, 0.25) is 5.75 Å². The van der Waals surface area contributed by atoms with Gasteiger partial charge in [0, 0.05) is 5.56 Å². The lowest BCUT2D eigenvalue weighted by Gasteiger charge is -2.42. The summed E-state index contributed by atoms with van der Waals surface area (Å²) < 4.78 is 83.7. The molecule has 0 heterocycles. The standard InChI is InChI=1S/C27H30F6O/c1-2-3-4-16-5-6-18-12-19(8-7-17(18)11-16)20-9-10-22(23(28)13-20)21-14-24(29)26(25(30)15-21)34-27(31,32)33/h9-10,13-19H,2-8,11-12H2,1H3. The highest BCUT2D eigenvalue weighted by Gasteiger charge is 2.36. The van der Waals surface area contributed by atoms with E-state index < -0.39 is 29.6 Å². The molecule has 186 valence electrons. The van der Waals surface area contributed by atoms with E-state index in [9.17, 15) is 26.3 Å². The molecule has 2 aromatic rings. The van der Waals surface area contributed by atoms with Crippen LogP contribution < -0.4 is 4.74 Å². The molecule has 2 saturated carbocycles. The highest BCUT2D eigenvalue weighted by molar-refractivity contribution is 5.66. The third-order valence-electron chi connectivity index (χ3n) is 7.68. The van der Waals surface area contributed by atoms with Crippen LogP contribution in [0.25, 0.3) is 11.1 Å². The number of rotatable bonds is 6. The molecule has 4 rings (SSSR count). The minimum absolute atomic E-state index is 0.0646. The van der Waals surface area contributed by atoms with Gasteiger partial charge in [-0.1, -0.05) is 44.7 Å². The molecular formula is C27H30F6O. The SMILES string of the molecule is CCCCC1CCC2CC(c3ccc(-c4cc(F)c(OC(F)(F)F)c(F)c4)c(F)c3)CCC2C1. The summed E-state index contributed by atoms with van der Waals surface area (Å²) in [6, 6.07) is 5.95. The van der Waals surface area contributed by atoms with Crippen LogP contribution >= 0.6 is 0 Å². The monoisotopic (exact) mass is 484 g/mol. The number of ether oxygens (including phenoxy) is 1. The molecule has 7 heteroatoms. The maximum Gasteiger partial charge on any atom is 0.573 e. The minimum atomic E-state index is -5.23. The Morgan fingerprint density at radius 3 is 2.18 bits per heavy atom. The molecule has 1 nitrogen and oxygen atoms in total. The molecule has 0 aliphatic heterocycles. The van der Waals surface area contributed by atoms with E-state index in [-0.39, 0.29) is 17.0 Å².